The largest absolute Gasteiger partial charge is 0.484 e. The Morgan fingerprint density at radius 3 is 2.56 bits per heavy atom. The molecule has 2 aromatic carbocycles. The van der Waals surface area contributed by atoms with Gasteiger partial charge in [-0.05, 0) is 62.2 Å². The van der Waals surface area contributed by atoms with Crippen LogP contribution in [0.25, 0.3) is 0 Å². The maximum Gasteiger partial charge on any atom is 0.416 e. The normalized spacial score (nSPS) is 19.7. The van der Waals surface area contributed by atoms with E-state index in [9.17, 15) is 13.2 Å². The molecule has 1 fully saturated rings. The molecule has 1 atom stereocenters. The fraction of sp³-hybridized carbons (Fsp3) is 0.385. The number of fused-ring (bicyclic) bond motifs is 2. The Kier molecular flexibility index (Phi) is 5.72. The molecule has 3 nitrogen and oxygen atoms in total. The molecule has 5 rings (SSSR count). The van der Waals surface area contributed by atoms with Crippen molar-refractivity contribution >= 4 is 0 Å². The van der Waals surface area contributed by atoms with Crippen LogP contribution >= 0.6 is 0 Å². The van der Waals surface area contributed by atoms with Gasteiger partial charge in [0.1, 0.15) is 11.9 Å². The summed E-state index contributed by atoms with van der Waals surface area (Å²) in [4.78, 5) is 2.36. The van der Waals surface area contributed by atoms with Gasteiger partial charge in [0.05, 0.1) is 17.8 Å². The van der Waals surface area contributed by atoms with Crippen LogP contribution in [0, 0.1) is 5.92 Å². The molecule has 0 spiro atoms. The Bertz CT molecular complexity index is 1070. The van der Waals surface area contributed by atoms with Crippen LogP contribution in [0.3, 0.4) is 0 Å². The second-order valence-electron chi connectivity index (χ2n) is 8.83. The van der Waals surface area contributed by atoms with E-state index in [4.69, 9.17) is 4.74 Å². The summed E-state index contributed by atoms with van der Waals surface area (Å²) in [6.45, 7) is 3.47. The van der Waals surface area contributed by atoms with Gasteiger partial charge in [0.2, 0.25) is 0 Å². The van der Waals surface area contributed by atoms with Gasteiger partial charge in [0.25, 0.3) is 0 Å². The average Bonchev–Trinajstić information content (AvgIpc) is 3.19. The van der Waals surface area contributed by atoms with E-state index >= 15 is 0 Å². The minimum atomic E-state index is -4.29. The average molecular weight is 441 g/mol. The molecule has 0 saturated carbocycles. The molecule has 1 aromatic heterocycles. The first-order valence-corrected chi connectivity index (χ1v) is 11.3. The first-order chi connectivity index (χ1) is 15.5. The highest BCUT2D eigenvalue weighted by Gasteiger charge is 2.33. The molecule has 32 heavy (non-hydrogen) atoms. The number of alkyl halides is 3. The number of hydrogen-bond donors (Lipinski definition) is 0. The lowest BCUT2D eigenvalue weighted by Crippen LogP contribution is -2.38. The monoisotopic (exact) mass is 440 g/mol. The van der Waals surface area contributed by atoms with Crippen molar-refractivity contribution in [2.75, 3.05) is 19.6 Å². The third-order valence-electron chi connectivity index (χ3n) is 6.75. The summed E-state index contributed by atoms with van der Waals surface area (Å²) in [5, 5.41) is 0. The zero-order chi connectivity index (χ0) is 22.1. The summed E-state index contributed by atoms with van der Waals surface area (Å²) >= 11 is 0. The van der Waals surface area contributed by atoms with Gasteiger partial charge in [0, 0.05) is 24.2 Å². The number of benzene rings is 2. The third kappa shape index (κ3) is 4.42. The lowest BCUT2D eigenvalue weighted by molar-refractivity contribution is -0.137. The Morgan fingerprint density at radius 1 is 0.938 bits per heavy atom. The molecule has 0 amide bonds. The van der Waals surface area contributed by atoms with Crippen LogP contribution in [0.5, 0.6) is 5.75 Å². The van der Waals surface area contributed by atoms with Gasteiger partial charge in [-0.3, -0.25) is 0 Å². The molecule has 0 aliphatic carbocycles. The number of piperidine rings is 1. The van der Waals surface area contributed by atoms with Gasteiger partial charge in [-0.2, -0.15) is 13.2 Å². The summed E-state index contributed by atoms with van der Waals surface area (Å²) in [5.41, 5.74) is 2.60. The van der Waals surface area contributed by atoms with Crippen LogP contribution in [-0.4, -0.2) is 29.1 Å². The van der Waals surface area contributed by atoms with Crippen molar-refractivity contribution in [2.45, 2.75) is 38.1 Å². The molecule has 3 aromatic rings. The zero-order valence-electron chi connectivity index (χ0n) is 17.9. The predicted octanol–water partition coefficient (Wildman–Crippen LogP) is 5.94. The smallest absolute Gasteiger partial charge is 0.416 e. The minimum absolute atomic E-state index is 0.0271. The Hall–Kier alpha value is -2.73. The fourth-order valence-electron chi connectivity index (χ4n) is 4.97. The summed E-state index contributed by atoms with van der Waals surface area (Å²) < 4.78 is 47.7. The zero-order valence-corrected chi connectivity index (χ0v) is 17.9. The molecular formula is C26H27F3N2O. The molecular weight excluding hydrogens is 413 g/mol. The molecule has 1 unspecified atom stereocenters. The Labute approximate surface area is 186 Å². The van der Waals surface area contributed by atoms with Gasteiger partial charge in [-0.1, -0.05) is 36.4 Å². The first-order valence-electron chi connectivity index (χ1n) is 11.3. The lowest BCUT2D eigenvalue weighted by Gasteiger charge is -2.36. The standard InChI is InChI=1S/C26H27F3N2O/c27-26(28,29)22-7-3-5-19(17-22)10-14-30-15-11-20(12-16-30)25-23-8-4-13-31(23)18-21-6-1-2-9-24(21)32-25/h1-9,13,17,20,25H,10-12,14-16,18H2. The van der Waals surface area contributed by atoms with Gasteiger partial charge in [-0.25, -0.2) is 0 Å². The minimum Gasteiger partial charge on any atom is -0.484 e. The van der Waals surface area contributed by atoms with E-state index in [1.807, 2.05) is 6.07 Å². The van der Waals surface area contributed by atoms with Gasteiger partial charge in [-0.15, -0.1) is 0 Å². The van der Waals surface area contributed by atoms with Crippen molar-refractivity contribution in [3.8, 4) is 5.75 Å². The van der Waals surface area contributed by atoms with Crippen molar-refractivity contribution < 1.29 is 17.9 Å². The van der Waals surface area contributed by atoms with Crippen molar-refractivity contribution in [3.05, 3.63) is 89.2 Å². The molecule has 1 saturated heterocycles. The van der Waals surface area contributed by atoms with Crippen molar-refractivity contribution in [3.63, 3.8) is 0 Å². The van der Waals surface area contributed by atoms with Crippen LogP contribution in [0.15, 0.2) is 66.9 Å². The molecule has 3 heterocycles. The molecule has 2 aliphatic heterocycles. The molecule has 2 aliphatic rings. The fourth-order valence-corrected chi connectivity index (χ4v) is 4.97. The Balaban J connectivity index is 1.22. The summed E-state index contributed by atoms with van der Waals surface area (Å²) in [5.74, 6) is 1.38. The molecule has 6 heteroatoms. The van der Waals surface area contributed by atoms with Gasteiger partial charge < -0.3 is 14.2 Å². The maximum absolute atomic E-state index is 13.0. The van der Waals surface area contributed by atoms with E-state index in [1.165, 1.54) is 23.4 Å². The van der Waals surface area contributed by atoms with Crippen LogP contribution in [-0.2, 0) is 19.1 Å². The van der Waals surface area contributed by atoms with Crippen molar-refractivity contribution in [2.24, 2.45) is 5.92 Å². The quantitative estimate of drug-likeness (QED) is 0.499. The van der Waals surface area contributed by atoms with Crippen LogP contribution in [0.4, 0.5) is 13.2 Å². The number of rotatable bonds is 4. The number of halogens is 3. The summed E-state index contributed by atoms with van der Waals surface area (Å²) in [6, 6.07) is 18.2. The third-order valence-corrected chi connectivity index (χ3v) is 6.75. The molecule has 0 N–H and O–H groups in total. The van der Waals surface area contributed by atoms with Crippen LogP contribution in [0.1, 0.15) is 41.3 Å². The number of para-hydroxylation sites is 1. The van der Waals surface area contributed by atoms with Gasteiger partial charge in [0.15, 0.2) is 0 Å². The number of nitrogens with zero attached hydrogens (tertiary/aromatic N) is 2. The van der Waals surface area contributed by atoms with Crippen molar-refractivity contribution in [1.29, 1.82) is 0 Å². The molecule has 0 radical (unpaired) electrons. The Morgan fingerprint density at radius 2 is 1.75 bits per heavy atom. The highest BCUT2D eigenvalue weighted by molar-refractivity contribution is 5.36. The van der Waals surface area contributed by atoms with E-state index in [0.717, 1.165) is 56.4 Å². The lowest BCUT2D eigenvalue weighted by atomic mass is 9.89. The number of hydrogen-bond acceptors (Lipinski definition) is 2. The highest BCUT2D eigenvalue weighted by atomic mass is 19.4. The molecule has 0 bridgehead atoms. The maximum atomic E-state index is 13.0. The highest BCUT2D eigenvalue weighted by Crippen LogP contribution is 2.39. The predicted molar refractivity (Wildman–Crippen MR) is 118 cm³/mol. The topological polar surface area (TPSA) is 17.4 Å². The number of aromatic nitrogens is 1. The van der Waals surface area contributed by atoms with Crippen molar-refractivity contribution in [1.82, 2.24) is 9.47 Å². The summed E-state index contributed by atoms with van der Waals surface area (Å²) in [6.07, 6.45) is 0.520. The van der Waals surface area contributed by atoms with E-state index in [0.29, 0.717) is 12.3 Å². The van der Waals surface area contributed by atoms with E-state index < -0.39 is 11.7 Å². The molecule has 168 valence electrons. The summed E-state index contributed by atoms with van der Waals surface area (Å²) in [7, 11) is 0. The van der Waals surface area contributed by atoms with Crippen LogP contribution in [0.2, 0.25) is 0 Å². The number of ether oxygens (including phenoxy) is 1. The van der Waals surface area contributed by atoms with E-state index in [-0.39, 0.29) is 6.10 Å². The first kappa shape index (κ1) is 21.1. The second-order valence-corrected chi connectivity index (χ2v) is 8.83. The van der Waals surface area contributed by atoms with E-state index in [1.54, 1.807) is 6.07 Å². The van der Waals surface area contributed by atoms with Crippen LogP contribution < -0.4 is 4.74 Å². The van der Waals surface area contributed by atoms with E-state index in [2.05, 4.69) is 46.0 Å². The second kappa shape index (κ2) is 8.66. The van der Waals surface area contributed by atoms with Gasteiger partial charge >= 0.3 is 6.18 Å². The number of likely N-dealkylation sites (tertiary alicyclic amines) is 1. The SMILES string of the molecule is FC(F)(F)c1cccc(CCN2CCC(C3Oc4ccccc4Cn4cccc43)CC2)c1.